The molecule has 0 aliphatic heterocycles. The summed E-state index contributed by atoms with van der Waals surface area (Å²) in [4.78, 5) is 0.985. The Morgan fingerprint density at radius 3 is 2.65 bits per heavy atom. The molecule has 0 spiro atoms. The first kappa shape index (κ1) is 15.7. The summed E-state index contributed by atoms with van der Waals surface area (Å²) >= 11 is 10.9. The van der Waals surface area contributed by atoms with Crippen molar-refractivity contribution in [1.29, 1.82) is 0 Å². The predicted molar refractivity (Wildman–Crippen MR) is 81.0 cm³/mol. The zero-order chi connectivity index (χ0) is 14.7. The van der Waals surface area contributed by atoms with Gasteiger partial charge in [0, 0.05) is 4.88 Å². The second-order valence-electron chi connectivity index (χ2n) is 3.94. The van der Waals surface area contributed by atoms with E-state index in [1.54, 1.807) is 19.2 Å². The minimum absolute atomic E-state index is 0.134. The first-order valence-electron chi connectivity index (χ1n) is 5.68. The number of nitrogens with one attached hydrogen (secondary N) is 1. The van der Waals surface area contributed by atoms with Gasteiger partial charge >= 0.3 is 6.61 Å². The van der Waals surface area contributed by atoms with Crippen molar-refractivity contribution in [3.63, 3.8) is 0 Å². The van der Waals surface area contributed by atoms with Gasteiger partial charge in [0.05, 0.1) is 14.9 Å². The number of rotatable bonds is 5. The molecule has 1 aromatic carbocycles. The molecule has 1 heterocycles. The lowest BCUT2D eigenvalue weighted by atomic mass is 10.1. The molecule has 2 aromatic rings. The molecular weight excluding hydrogens is 372 g/mol. The van der Waals surface area contributed by atoms with Crippen LogP contribution in [-0.2, 0) is 0 Å². The minimum Gasteiger partial charge on any atom is -0.435 e. The molecule has 1 N–H and O–H groups in total. The average Bonchev–Trinajstić information content (AvgIpc) is 2.70. The fourth-order valence-electron chi connectivity index (χ4n) is 1.85. The molecule has 0 fully saturated rings. The van der Waals surface area contributed by atoms with Gasteiger partial charge in [-0.05, 0) is 46.7 Å². The van der Waals surface area contributed by atoms with Crippen LogP contribution in [0.3, 0.4) is 0 Å². The Kier molecular flexibility index (Phi) is 5.37. The van der Waals surface area contributed by atoms with Gasteiger partial charge in [0.2, 0.25) is 0 Å². The van der Waals surface area contributed by atoms with E-state index in [1.807, 2.05) is 12.1 Å². The molecule has 1 atom stereocenters. The van der Waals surface area contributed by atoms with Crippen molar-refractivity contribution in [1.82, 2.24) is 5.32 Å². The van der Waals surface area contributed by atoms with Crippen LogP contribution in [0.2, 0.25) is 5.02 Å². The fourth-order valence-corrected chi connectivity index (χ4v) is 3.73. The first-order chi connectivity index (χ1) is 9.51. The van der Waals surface area contributed by atoms with Crippen LogP contribution in [-0.4, -0.2) is 13.7 Å². The van der Waals surface area contributed by atoms with Crippen LogP contribution >= 0.6 is 38.9 Å². The Hall–Kier alpha value is -0.690. The molecule has 108 valence electrons. The molecule has 0 amide bonds. The van der Waals surface area contributed by atoms with Gasteiger partial charge in [0.15, 0.2) is 0 Å². The molecule has 0 bridgehead atoms. The van der Waals surface area contributed by atoms with E-state index in [0.29, 0.717) is 5.02 Å². The highest BCUT2D eigenvalue weighted by Gasteiger charge is 2.17. The lowest BCUT2D eigenvalue weighted by Crippen LogP contribution is -2.16. The van der Waals surface area contributed by atoms with Crippen molar-refractivity contribution in [2.45, 2.75) is 12.7 Å². The van der Waals surface area contributed by atoms with Crippen molar-refractivity contribution < 1.29 is 13.5 Å². The van der Waals surface area contributed by atoms with Crippen LogP contribution in [0.25, 0.3) is 0 Å². The Labute approximate surface area is 132 Å². The highest BCUT2D eigenvalue weighted by atomic mass is 79.9. The van der Waals surface area contributed by atoms with Crippen LogP contribution in [0.1, 0.15) is 16.5 Å². The SMILES string of the molecule is CNC(c1cccc(OC(F)F)c1)c1cc(Cl)c(Br)s1. The number of benzene rings is 1. The monoisotopic (exact) mass is 381 g/mol. The quantitative estimate of drug-likeness (QED) is 0.779. The molecule has 0 saturated heterocycles. The summed E-state index contributed by atoms with van der Waals surface area (Å²) in [7, 11) is 1.80. The van der Waals surface area contributed by atoms with Crippen molar-refractivity contribution in [2.24, 2.45) is 0 Å². The highest BCUT2D eigenvalue weighted by Crippen LogP contribution is 2.37. The second-order valence-corrected chi connectivity index (χ2v) is 6.75. The Morgan fingerprint density at radius 2 is 2.10 bits per heavy atom. The van der Waals surface area contributed by atoms with Crippen molar-refractivity contribution in [3.8, 4) is 5.75 Å². The van der Waals surface area contributed by atoms with E-state index in [4.69, 9.17) is 11.6 Å². The number of ether oxygens (including phenoxy) is 1. The summed E-state index contributed by atoms with van der Waals surface area (Å²) in [6.45, 7) is -2.83. The van der Waals surface area contributed by atoms with Gasteiger partial charge in [-0.1, -0.05) is 23.7 Å². The van der Waals surface area contributed by atoms with Crippen LogP contribution in [0.15, 0.2) is 34.1 Å². The molecule has 0 aliphatic carbocycles. The van der Waals surface area contributed by atoms with E-state index in [-0.39, 0.29) is 11.8 Å². The highest BCUT2D eigenvalue weighted by molar-refractivity contribution is 9.11. The third kappa shape index (κ3) is 3.69. The lowest BCUT2D eigenvalue weighted by molar-refractivity contribution is -0.0498. The lowest BCUT2D eigenvalue weighted by Gasteiger charge is -2.16. The molecule has 0 radical (unpaired) electrons. The molecule has 2 nitrogen and oxygen atoms in total. The molecule has 7 heteroatoms. The summed E-state index contributed by atoms with van der Waals surface area (Å²) in [5.74, 6) is 0.138. The van der Waals surface area contributed by atoms with Crippen LogP contribution in [0, 0.1) is 0 Å². The first-order valence-corrected chi connectivity index (χ1v) is 7.66. The van der Waals surface area contributed by atoms with Gasteiger partial charge in [0.1, 0.15) is 5.75 Å². The number of halogens is 4. The van der Waals surface area contributed by atoms with Crippen molar-refractivity contribution in [3.05, 3.63) is 49.6 Å². The molecule has 1 unspecified atom stereocenters. The van der Waals surface area contributed by atoms with E-state index < -0.39 is 6.61 Å². The molecule has 2 rings (SSSR count). The van der Waals surface area contributed by atoms with E-state index >= 15 is 0 Å². The van der Waals surface area contributed by atoms with E-state index in [0.717, 1.165) is 14.2 Å². The average molecular weight is 383 g/mol. The number of thiophene rings is 1. The Bertz CT molecular complexity index is 574. The molecular formula is C13H11BrClF2NOS. The molecule has 1 aromatic heterocycles. The van der Waals surface area contributed by atoms with Gasteiger partial charge in [-0.25, -0.2) is 0 Å². The third-order valence-corrected chi connectivity index (χ3v) is 5.19. The van der Waals surface area contributed by atoms with Gasteiger partial charge in [-0.2, -0.15) is 8.78 Å². The van der Waals surface area contributed by atoms with E-state index in [2.05, 4.69) is 26.0 Å². The van der Waals surface area contributed by atoms with E-state index in [1.165, 1.54) is 17.4 Å². The normalized spacial score (nSPS) is 12.7. The number of hydrogen-bond donors (Lipinski definition) is 1. The summed E-state index contributed by atoms with van der Waals surface area (Å²) in [5.41, 5.74) is 0.830. The fraction of sp³-hybridized carbons (Fsp3) is 0.231. The van der Waals surface area contributed by atoms with Gasteiger partial charge < -0.3 is 10.1 Å². The molecule has 20 heavy (non-hydrogen) atoms. The Balaban J connectivity index is 2.31. The topological polar surface area (TPSA) is 21.3 Å². The Morgan fingerprint density at radius 1 is 1.35 bits per heavy atom. The molecule has 0 aliphatic rings. The number of hydrogen-bond acceptors (Lipinski definition) is 3. The summed E-state index contributed by atoms with van der Waals surface area (Å²) in [5, 5.41) is 3.77. The van der Waals surface area contributed by atoms with E-state index in [9.17, 15) is 8.78 Å². The maximum atomic E-state index is 12.3. The van der Waals surface area contributed by atoms with Gasteiger partial charge in [-0.15, -0.1) is 11.3 Å². The molecule has 0 saturated carbocycles. The van der Waals surface area contributed by atoms with Gasteiger partial charge in [0.25, 0.3) is 0 Å². The minimum atomic E-state index is -2.83. The largest absolute Gasteiger partial charge is 0.435 e. The summed E-state index contributed by atoms with van der Waals surface area (Å²) in [6.07, 6.45) is 0. The van der Waals surface area contributed by atoms with Gasteiger partial charge in [-0.3, -0.25) is 0 Å². The van der Waals surface area contributed by atoms with Crippen LogP contribution in [0.4, 0.5) is 8.78 Å². The zero-order valence-electron chi connectivity index (χ0n) is 10.4. The summed E-state index contributed by atoms with van der Waals surface area (Å²) in [6, 6.07) is 8.33. The maximum Gasteiger partial charge on any atom is 0.387 e. The van der Waals surface area contributed by atoms with Crippen LogP contribution < -0.4 is 10.1 Å². The predicted octanol–water partition coefficient (Wildman–Crippen LogP) is 5.07. The maximum absolute atomic E-state index is 12.3. The number of alkyl halides is 2. The smallest absolute Gasteiger partial charge is 0.387 e. The standard InChI is InChI=1S/C13H11BrClF2NOS/c1-18-11(10-6-9(15)12(14)20-10)7-3-2-4-8(5-7)19-13(16)17/h2-6,11,13,18H,1H3. The van der Waals surface area contributed by atoms with Crippen LogP contribution in [0.5, 0.6) is 5.75 Å². The van der Waals surface area contributed by atoms with Crippen molar-refractivity contribution in [2.75, 3.05) is 7.05 Å². The second kappa shape index (κ2) is 6.85. The summed E-state index contributed by atoms with van der Waals surface area (Å²) < 4.78 is 29.8. The van der Waals surface area contributed by atoms with Crippen molar-refractivity contribution >= 4 is 38.9 Å². The third-order valence-electron chi connectivity index (χ3n) is 2.65. The zero-order valence-corrected chi connectivity index (χ0v) is 13.5.